The molecule has 0 atom stereocenters. The molecule has 2 heterocycles. The lowest BCUT2D eigenvalue weighted by Crippen LogP contribution is -2.35. The van der Waals surface area contributed by atoms with Gasteiger partial charge in [0.2, 0.25) is 5.95 Å². The van der Waals surface area contributed by atoms with Gasteiger partial charge in [0.15, 0.2) is 0 Å². The molecule has 1 saturated heterocycles. The predicted octanol–water partition coefficient (Wildman–Crippen LogP) is 1.10. The number of carboxylic acids is 1. The van der Waals surface area contributed by atoms with Crippen LogP contribution in [0, 0.1) is 0 Å². The van der Waals surface area contributed by atoms with Gasteiger partial charge in [-0.3, -0.25) is 4.90 Å². The molecule has 19 heavy (non-hydrogen) atoms. The Bertz CT molecular complexity index is 433. The van der Waals surface area contributed by atoms with Crippen molar-refractivity contribution >= 4 is 11.9 Å². The summed E-state index contributed by atoms with van der Waals surface area (Å²) in [5.41, 5.74) is 0.127. The quantitative estimate of drug-likeness (QED) is 0.881. The van der Waals surface area contributed by atoms with E-state index in [0.29, 0.717) is 12.0 Å². The molecule has 1 fully saturated rings. The number of rotatable bonds is 3. The van der Waals surface area contributed by atoms with E-state index in [-0.39, 0.29) is 5.56 Å². The summed E-state index contributed by atoms with van der Waals surface area (Å²) in [7, 11) is 0. The van der Waals surface area contributed by atoms with Gasteiger partial charge in [0, 0.05) is 44.6 Å². The van der Waals surface area contributed by atoms with Crippen molar-refractivity contribution in [2.75, 3.05) is 31.1 Å². The maximum Gasteiger partial charge on any atom is 0.338 e. The highest BCUT2D eigenvalue weighted by molar-refractivity contribution is 5.86. The van der Waals surface area contributed by atoms with Gasteiger partial charge in [-0.2, -0.15) is 0 Å². The number of anilines is 1. The van der Waals surface area contributed by atoms with E-state index in [1.54, 1.807) is 0 Å². The first-order valence-electron chi connectivity index (χ1n) is 6.62. The molecule has 0 spiro atoms. The van der Waals surface area contributed by atoms with Crippen molar-refractivity contribution in [1.82, 2.24) is 14.9 Å². The molecule has 2 rings (SSSR count). The number of aromatic carboxylic acids is 1. The second-order valence-electron chi connectivity index (χ2n) is 5.05. The summed E-state index contributed by atoms with van der Waals surface area (Å²) in [6, 6.07) is 0.551. The Labute approximate surface area is 113 Å². The van der Waals surface area contributed by atoms with Crippen molar-refractivity contribution in [3.63, 3.8) is 0 Å². The van der Waals surface area contributed by atoms with Crippen LogP contribution in [0.3, 0.4) is 0 Å². The molecule has 1 aromatic heterocycles. The molecule has 0 unspecified atom stereocenters. The summed E-state index contributed by atoms with van der Waals surface area (Å²) in [5.74, 6) is -0.371. The highest BCUT2D eigenvalue weighted by atomic mass is 16.4. The third-order valence-corrected chi connectivity index (χ3v) is 3.43. The van der Waals surface area contributed by atoms with Crippen molar-refractivity contribution in [3.8, 4) is 0 Å². The monoisotopic (exact) mass is 264 g/mol. The second-order valence-corrected chi connectivity index (χ2v) is 5.05. The molecule has 0 aromatic carbocycles. The van der Waals surface area contributed by atoms with Crippen LogP contribution in [-0.2, 0) is 0 Å². The first-order chi connectivity index (χ1) is 9.08. The van der Waals surface area contributed by atoms with Gasteiger partial charge in [0.05, 0.1) is 5.56 Å². The third-order valence-electron chi connectivity index (χ3n) is 3.43. The van der Waals surface area contributed by atoms with Gasteiger partial charge < -0.3 is 10.0 Å². The topological polar surface area (TPSA) is 69.6 Å². The minimum Gasteiger partial charge on any atom is -0.478 e. The lowest BCUT2D eigenvalue weighted by atomic mass is 10.3. The van der Waals surface area contributed by atoms with Crippen LogP contribution >= 0.6 is 0 Å². The zero-order valence-electron chi connectivity index (χ0n) is 11.4. The maximum absolute atomic E-state index is 10.8. The minimum absolute atomic E-state index is 0.127. The smallest absolute Gasteiger partial charge is 0.338 e. The average molecular weight is 264 g/mol. The fraction of sp³-hybridized carbons (Fsp3) is 0.615. The second kappa shape index (κ2) is 5.97. The first kappa shape index (κ1) is 13.7. The molecular formula is C13H20N4O2. The molecule has 0 aliphatic carbocycles. The van der Waals surface area contributed by atoms with E-state index in [0.717, 1.165) is 32.6 Å². The van der Waals surface area contributed by atoms with Crippen molar-refractivity contribution in [1.29, 1.82) is 0 Å². The molecule has 1 aromatic rings. The van der Waals surface area contributed by atoms with Gasteiger partial charge in [-0.1, -0.05) is 0 Å². The minimum atomic E-state index is -0.992. The Kier molecular flexibility index (Phi) is 4.31. The van der Waals surface area contributed by atoms with E-state index in [2.05, 4.69) is 33.6 Å². The number of carbonyl (C=O) groups is 1. The van der Waals surface area contributed by atoms with Crippen LogP contribution in [0.4, 0.5) is 5.95 Å². The first-order valence-corrected chi connectivity index (χ1v) is 6.62. The molecule has 6 heteroatoms. The van der Waals surface area contributed by atoms with Gasteiger partial charge in [-0.15, -0.1) is 0 Å². The Morgan fingerprint density at radius 2 is 1.89 bits per heavy atom. The lowest BCUT2D eigenvalue weighted by molar-refractivity contribution is 0.0696. The Morgan fingerprint density at radius 3 is 2.47 bits per heavy atom. The van der Waals surface area contributed by atoms with Gasteiger partial charge in [-0.25, -0.2) is 14.8 Å². The third kappa shape index (κ3) is 3.41. The molecule has 0 radical (unpaired) electrons. The molecular weight excluding hydrogens is 244 g/mol. The Balaban J connectivity index is 2.03. The zero-order valence-corrected chi connectivity index (χ0v) is 11.4. The van der Waals surface area contributed by atoms with Crippen molar-refractivity contribution < 1.29 is 9.90 Å². The number of aromatic nitrogens is 2. The average Bonchev–Trinajstić information content (AvgIpc) is 2.64. The molecule has 1 N–H and O–H groups in total. The summed E-state index contributed by atoms with van der Waals surface area (Å²) in [4.78, 5) is 23.6. The fourth-order valence-corrected chi connectivity index (χ4v) is 2.25. The zero-order chi connectivity index (χ0) is 13.8. The van der Waals surface area contributed by atoms with E-state index < -0.39 is 5.97 Å². The number of hydrogen-bond donors (Lipinski definition) is 1. The van der Waals surface area contributed by atoms with E-state index in [1.165, 1.54) is 12.4 Å². The van der Waals surface area contributed by atoms with E-state index in [4.69, 9.17) is 5.11 Å². The van der Waals surface area contributed by atoms with Crippen LogP contribution in [0.15, 0.2) is 12.4 Å². The van der Waals surface area contributed by atoms with Gasteiger partial charge in [0.1, 0.15) is 0 Å². The highest BCUT2D eigenvalue weighted by Gasteiger charge is 2.18. The largest absolute Gasteiger partial charge is 0.478 e. The molecule has 6 nitrogen and oxygen atoms in total. The molecule has 0 amide bonds. The standard InChI is InChI=1S/C13H20N4O2/c1-10(2)16-4-3-5-17(7-6-16)13-14-8-11(9-15-13)12(18)19/h8-10H,3-7H2,1-2H3,(H,18,19). The van der Waals surface area contributed by atoms with Crippen LogP contribution in [0.1, 0.15) is 30.6 Å². The van der Waals surface area contributed by atoms with Gasteiger partial charge >= 0.3 is 5.97 Å². The van der Waals surface area contributed by atoms with E-state index in [1.807, 2.05) is 0 Å². The van der Waals surface area contributed by atoms with Crippen molar-refractivity contribution in [2.24, 2.45) is 0 Å². The molecule has 0 bridgehead atoms. The molecule has 1 aliphatic rings. The summed E-state index contributed by atoms with van der Waals surface area (Å²) < 4.78 is 0. The van der Waals surface area contributed by atoms with Gasteiger partial charge in [0.25, 0.3) is 0 Å². The summed E-state index contributed by atoms with van der Waals surface area (Å²) in [5, 5.41) is 8.83. The maximum atomic E-state index is 10.8. The normalized spacial score (nSPS) is 17.5. The Morgan fingerprint density at radius 1 is 1.21 bits per heavy atom. The molecule has 104 valence electrons. The van der Waals surface area contributed by atoms with Crippen LogP contribution in [0.2, 0.25) is 0 Å². The SMILES string of the molecule is CC(C)N1CCCN(c2ncc(C(=O)O)cn2)CC1. The van der Waals surface area contributed by atoms with Crippen molar-refractivity contribution in [2.45, 2.75) is 26.3 Å². The lowest BCUT2D eigenvalue weighted by Gasteiger charge is -2.24. The summed E-state index contributed by atoms with van der Waals surface area (Å²) >= 11 is 0. The molecule has 1 aliphatic heterocycles. The van der Waals surface area contributed by atoms with Crippen LogP contribution in [0.5, 0.6) is 0 Å². The highest BCUT2D eigenvalue weighted by Crippen LogP contribution is 2.12. The number of carboxylic acid groups (broad SMARTS) is 1. The van der Waals surface area contributed by atoms with Crippen LogP contribution < -0.4 is 4.90 Å². The fourth-order valence-electron chi connectivity index (χ4n) is 2.25. The van der Waals surface area contributed by atoms with E-state index in [9.17, 15) is 4.79 Å². The van der Waals surface area contributed by atoms with Crippen LogP contribution in [0.25, 0.3) is 0 Å². The van der Waals surface area contributed by atoms with Crippen molar-refractivity contribution in [3.05, 3.63) is 18.0 Å². The summed E-state index contributed by atoms with van der Waals surface area (Å²) in [6.07, 6.45) is 3.81. The predicted molar refractivity (Wildman–Crippen MR) is 72.5 cm³/mol. The molecule has 0 saturated carbocycles. The Hall–Kier alpha value is -1.69. The van der Waals surface area contributed by atoms with E-state index >= 15 is 0 Å². The number of nitrogens with zero attached hydrogens (tertiary/aromatic N) is 4. The van der Waals surface area contributed by atoms with Gasteiger partial charge in [-0.05, 0) is 20.3 Å². The van der Waals surface area contributed by atoms with Crippen LogP contribution in [-0.4, -0.2) is 58.2 Å². The number of hydrogen-bond acceptors (Lipinski definition) is 5. The summed E-state index contributed by atoms with van der Waals surface area (Å²) in [6.45, 7) is 8.27.